The quantitative estimate of drug-likeness (QED) is 0.865. The number of likely N-dealkylation sites (N-methyl/N-ethyl adjacent to an activating group) is 1. The fourth-order valence-corrected chi connectivity index (χ4v) is 1.77. The van der Waals surface area contributed by atoms with E-state index >= 15 is 0 Å². The van der Waals surface area contributed by atoms with Gasteiger partial charge in [-0.2, -0.15) is 0 Å². The molecule has 1 aromatic rings. The lowest BCUT2D eigenvalue weighted by Gasteiger charge is -2.16. The molecule has 0 spiro atoms. The number of methoxy groups -OCH3 is 1. The molecule has 18 heavy (non-hydrogen) atoms. The maximum Gasteiger partial charge on any atom is 0.330 e. The van der Waals surface area contributed by atoms with Gasteiger partial charge in [0.15, 0.2) is 0 Å². The number of benzene rings is 1. The summed E-state index contributed by atoms with van der Waals surface area (Å²) in [6, 6.07) is 6.34. The van der Waals surface area contributed by atoms with Gasteiger partial charge in [0.05, 0.1) is 12.8 Å². The highest BCUT2D eigenvalue weighted by atomic mass is 16.5. The van der Waals surface area contributed by atoms with Gasteiger partial charge in [-0.05, 0) is 12.1 Å². The third-order valence-electron chi connectivity index (χ3n) is 2.81. The third-order valence-corrected chi connectivity index (χ3v) is 2.81. The van der Waals surface area contributed by atoms with Crippen molar-refractivity contribution >= 4 is 17.7 Å². The lowest BCUT2D eigenvalue weighted by atomic mass is 10.3. The molecule has 1 aliphatic rings. The van der Waals surface area contributed by atoms with Gasteiger partial charge >= 0.3 is 12.1 Å². The maximum atomic E-state index is 12.0. The van der Waals surface area contributed by atoms with Crippen LogP contribution in [0, 0.1) is 0 Å². The fourth-order valence-electron chi connectivity index (χ4n) is 1.77. The Bertz CT molecular complexity index is 475. The predicted molar refractivity (Wildman–Crippen MR) is 66.7 cm³/mol. The van der Waals surface area contributed by atoms with E-state index in [0.717, 1.165) is 0 Å². The molecule has 0 aliphatic carbocycles. The van der Waals surface area contributed by atoms with Crippen molar-refractivity contribution in [3.8, 4) is 5.75 Å². The van der Waals surface area contributed by atoms with Crippen LogP contribution in [0.1, 0.15) is 0 Å². The number of amides is 4. The number of para-hydroxylation sites is 2. The zero-order valence-corrected chi connectivity index (χ0v) is 10.3. The van der Waals surface area contributed by atoms with Crippen LogP contribution < -0.4 is 10.1 Å². The van der Waals surface area contributed by atoms with Gasteiger partial charge in [0.25, 0.3) is 0 Å². The number of nitrogens with one attached hydrogen (secondary N) is 1. The molecule has 1 saturated heterocycles. The number of urea groups is 2. The lowest BCUT2D eigenvalue weighted by molar-refractivity contribution is 0.195. The van der Waals surface area contributed by atoms with E-state index in [1.807, 2.05) is 6.07 Å². The summed E-state index contributed by atoms with van der Waals surface area (Å²) in [6.45, 7) is 0.953. The maximum absolute atomic E-state index is 12.0. The molecule has 0 atom stereocenters. The summed E-state index contributed by atoms with van der Waals surface area (Å²) >= 11 is 0. The zero-order chi connectivity index (χ0) is 13.1. The van der Waals surface area contributed by atoms with Gasteiger partial charge in [-0.25, -0.2) is 14.5 Å². The largest absolute Gasteiger partial charge is 0.495 e. The van der Waals surface area contributed by atoms with E-state index in [1.54, 1.807) is 25.2 Å². The zero-order valence-electron chi connectivity index (χ0n) is 10.3. The first kappa shape index (κ1) is 12.2. The Morgan fingerprint density at radius 3 is 2.67 bits per heavy atom. The van der Waals surface area contributed by atoms with Crippen molar-refractivity contribution in [3.05, 3.63) is 24.3 Å². The minimum atomic E-state index is -0.436. The van der Waals surface area contributed by atoms with Crippen molar-refractivity contribution in [3.63, 3.8) is 0 Å². The van der Waals surface area contributed by atoms with Crippen LogP contribution in [0.3, 0.4) is 0 Å². The van der Waals surface area contributed by atoms with Crippen LogP contribution in [0.2, 0.25) is 0 Å². The molecule has 96 valence electrons. The fraction of sp³-hybridized carbons (Fsp3) is 0.333. The Balaban J connectivity index is 2.10. The number of hydrogen-bond donors (Lipinski definition) is 1. The van der Waals surface area contributed by atoms with Crippen molar-refractivity contribution in [1.82, 2.24) is 9.80 Å². The van der Waals surface area contributed by atoms with Crippen molar-refractivity contribution in [1.29, 1.82) is 0 Å². The predicted octanol–water partition coefficient (Wildman–Crippen LogP) is 1.59. The average molecular weight is 249 g/mol. The summed E-state index contributed by atoms with van der Waals surface area (Å²) in [4.78, 5) is 26.3. The van der Waals surface area contributed by atoms with E-state index in [-0.39, 0.29) is 6.03 Å². The van der Waals surface area contributed by atoms with E-state index in [0.29, 0.717) is 24.5 Å². The number of ether oxygens (including phenoxy) is 1. The summed E-state index contributed by atoms with van der Waals surface area (Å²) in [6.07, 6.45) is 0. The highest BCUT2D eigenvalue weighted by Crippen LogP contribution is 2.23. The molecule has 1 heterocycles. The number of rotatable bonds is 2. The van der Waals surface area contributed by atoms with Gasteiger partial charge in [0, 0.05) is 20.1 Å². The second-order valence-corrected chi connectivity index (χ2v) is 3.99. The molecule has 1 N–H and O–H groups in total. The van der Waals surface area contributed by atoms with Gasteiger partial charge in [0.2, 0.25) is 0 Å². The molecule has 2 rings (SSSR count). The normalized spacial score (nSPS) is 14.9. The molecule has 0 saturated carbocycles. The average Bonchev–Trinajstić information content (AvgIpc) is 2.71. The SMILES string of the molecule is COc1ccccc1NC(=O)N1CCN(C)C1=O. The minimum absolute atomic E-state index is 0.289. The molecular weight excluding hydrogens is 234 g/mol. The first-order valence-corrected chi connectivity index (χ1v) is 5.60. The Labute approximate surface area is 105 Å². The second-order valence-electron chi connectivity index (χ2n) is 3.99. The molecule has 0 aromatic heterocycles. The summed E-state index contributed by atoms with van der Waals surface area (Å²) in [5.41, 5.74) is 0.548. The Kier molecular flexibility index (Phi) is 3.36. The topological polar surface area (TPSA) is 61.9 Å². The summed E-state index contributed by atoms with van der Waals surface area (Å²) in [5.74, 6) is 0.561. The number of anilines is 1. The van der Waals surface area contributed by atoms with Crippen LogP contribution >= 0.6 is 0 Å². The van der Waals surface area contributed by atoms with Crippen molar-refractivity contribution < 1.29 is 14.3 Å². The Morgan fingerprint density at radius 1 is 1.33 bits per heavy atom. The number of imide groups is 1. The van der Waals surface area contributed by atoms with Gasteiger partial charge in [-0.15, -0.1) is 0 Å². The van der Waals surface area contributed by atoms with Gasteiger partial charge in [-0.3, -0.25) is 0 Å². The Morgan fingerprint density at radius 2 is 2.06 bits per heavy atom. The molecule has 6 heteroatoms. The van der Waals surface area contributed by atoms with E-state index in [4.69, 9.17) is 4.74 Å². The molecule has 4 amide bonds. The number of carbonyl (C=O) groups is 2. The molecular formula is C12H15N3O3. The van der Waals surface area contributed by atoms with Crippen molar-refractivity contribution in [2.24, 2.45) is 0 Å². The van der Waals surface area contributed by atoms with E-state index in [1.165, 1.54) is 16.9 Å². The van der Waals surface area contributed by atoms with Gasteiger partial charge < -0.3 is 15.0 Å². The summed E-state index contributed by atoms with van der Waals surface area (Å²) in [7, 11) is 3.19. The minimum Gasteiger partial charge on any atom is -0.495 e. The van der Waals surface area contributed by atoms with Crippen LogP contribution in [0.15, 0.2) is 24.3 Å². The van der Waals surface area contributed by atoms with Crippen LogP contribution in [0.4, 0.5) is 15.3 Å². The van der Waals surface area contributed by atoms with Gasteiger partial charge in [-0.1, -0.05) is 12.1 Å². The van der Waals surface area contributed by atoms with E-state index in [2.05, 4.69) is 5.32 Å². The van der Waals surface area contributed by atoms with Crippen LogP contribution in [0.25, 0.3) is 0 Å². The van der Waals surface area contributed by atoms with Crippen molar-refractivity contribution in [2.45, 2.75) is 0 Å². The summed E-state index contributed by atoms with van der Waals surface area (Å²) in [5, 5.41) is 2.67. The standard InChI is InChI=1S/C12H15N3O3/c1-14-7-8-15(12(14)17)11(16)13-9-5-3-4-6-10(9)18-2/h3-6H,7-8H2,1-2H3,(H,13,16). The van der Waals surface area contributed by atoms with Crippen LogP contribution in [-0.2, 0) is 0 Å². The Hall–Kier alpha value is -2.24. The molecule has 1 aromatic carbocycles. The molecule has 1 fully saturated rings. The molecule has 0 radical (unpaired) electrons. The molecule has 6 nitrogen and oxygen atoms in total. The molecule has 0 unspecified atom stereocenters. The van der Waals surface area contributed by atoms with Crippen molar-refractivity contribution in [2.75, 3.05) is 32.6 Å². The van der Waals surface area contributed by atoms with E-state index < -0.39 is 6.03 Å². The number of hydrogen-bond acceptors (Lipinski definition) is 3. The molecule has 0 bridgehead atoms. The van der Waals surface area contributed by atoms with Crippen LogP contribution in [-0.4, -0.2) is 49.1 Å². The lowest BCUT2D eigenvalue weighted by Crippen LogP contribution is -2.38. The van der Waals surface area contributed by atoms with E-state index in [9.17, 15) is 9.59 Å². The van der Waals surface area contributed by atoms with Gasteiger partial charge in [0.1, 0.15) is 5.75 Å². The number of nitrogens with zero attached hydrogens (tertiary/aromatic N) is 2. The summed E-state index contributed by atoms with van der Waals surface area (Å²) < 4.78 is 5.13. The monoisotopic (exact) mass is 249 g/mol. The first-order valence-electron chi connectivity index (χ1n) is 5.60. The third kappa shape index (κ3) is 2.22. The highest BCUT2D eigenvalue weighted by Gasteiger charge is 2.30. The highest BCUT2D eigenvalue weighted by molar-refractivity contribution is 6.02. The smallest absolute Gasteiger partial charge is 0.330 e. The van der Waals surface area contributed by atoms with Crippen LogP contribution in [0.5, 0.6) is 5.75 Å². The number of carbonyl (C=O) groups excluding carboxylic acids is 2. The molecule has 1 aliphatic heterocycles. The first-order chi connectivity index (χ1) is 8.63. The second kappa shape index (κ2) is 4.95.